The maximum atomic E-state index is 11.7. The SMILES string of the molecule is CCc1nc([C@@H]2C[C@@H](CNC(=O)OC(C)(C)C)[C@@H](O)C2)n[nH]1. The molecule has 3 N–H and O–H groups in total. The summed E-state index contributed by atoms with van der Waals surface area (Å²) in [5.41, 5.74) is -0.517. The first-order chi connectivity index (χ1) is 10.3. The van der Waals surface area contributed by atoms with Crippen molar-refractivity contribution in [3.8, 4) is 0 Å². The smallest absolute Gasteiger partial charge is 0.407 e. The van der Waals surface area contributed by atoms with E-state index in [1.165, 1.54) is 0 Å². The molecule has 3 atom stereocenters. The van der Waals surface area contributed by atoms with Crippen molar-refractivity contribution in [2.45, 2.75) is 64.6 Å². The Balaban J connectivity index is 1.85. The van der Waals surface area contributed by atoms with E-state index in [9.17, 15) is 9.90 Å². The number of aromatic amines is 1. The van der Waals surface area contributed by atoms with Gasteiger partial charge < -0.3 is 15.2 Å². The van der Waals surface area contributed by atoms with Crippen LogP contribution in [0.4, 0.5) is 4.79 Å². The molecule has 0 unspecified atom stereocenters. The molecule has 1 aromatic rings. The van der Waals surface area contributed by atoms with Crippen LogP contribution in [0.1, 0.15) is 58.1 Å². The van der Waals surface area contributed by atoms with Crippen LogP contribution in [0.5, 0.6) is 0 Å². The normalized spacial score (nSPS) is 25.2. The Morgan fingerprint density at radius 1 is 1.45 bits per heavy atom. The number of rotatable bonds is 4. The van der Waals surface area contributed by atoms with Gasteiger partial charge in [-0.25, -0.2) is 9.78 Å². The third-order valence-corrected chi connectivity index (χ3v) is 3.81. The van der Waals surface area contributed by atoms with Gasteiger partial charge in [-0.1, -0.05) is 6.92 Å². The van der Waals surface area contributed by atoms with Gasteiger partial charge >= 0.3 is 6.09 Å². The summed E-state index contributed by atoms with van der Waals surface area (Å²) in [6.45, 7) is 7.88. The number of aromatic nitrogens is 3. The Kier molecular flexibility index (Phi) is 5.05. The van der Waals surface area contributed by atoms with E-state index in [-0.39, 0.29) is 11.8 Å². The van der Waals surface area contributed by atoms with Crippen LogP contribution >= 0.6 is 0 Å². The summed E-state index contributed by atoms with van der Waals surface area (Å²) >= 11 is 0. The summed E-state index contributed by atoms with van der Waals surface area (Å²) in [4.78, 5) is 16.1. The lowest BCUT2D eigenvalue weighted by atomic mass is 10.0. The standard InChI is InChI=1S/C15H26N4O3/c1-5-12-17-13(19-18-12)9-6-10(11(20)7-9)8-16-14(21)22-15(2,3)4/h9-11,20H,5-8H2,1-4H3,(H,16,21)(H,17,18,19)/t9-,10+,11+/m1/s1. The predicted octanol–water partition coefficient (Wildman–Crippen LogP) is 1.75. The number of nitrogens with zero attached hydrogens (tertiary/aromatic N) is 2. The second-order valence-corrected chi connectivity index (χ2v) is 6.87. The first-order valence-corrected chi connectivity index (χ1v) is 7.84. The zero-order chi connectivity index (χ0) is 16.3. The molecule has 7 heteroatoms. The van der Waals surface area contributed by atoms with Crippen molar-refractivity contribution < 1.29 is 14.6 Å². The maximum Gasteiger partial charge on any atom is 0.407 e. The highest BCUT2D eigenvalue weighted by Gasteiger charge is 2.36. The minimum absolute atomic E-state index is 0.00101. The van der Waals surface area contributed by atoms with E-state index in [1.54, 1.807) is 0 Å². The van der Waals surface area contributed by atoms with Crippen molar-refractivity contribution >= 4 is 6.09 Å². The molecule has 1 fully saturated rings. The quantitative estimate of drug-likeness (QED) is 0.786. The molecule has 1 saturated carbocycles. The van der Waals surface area contributed by atoms with Crippen LogP contribution in [0.3, 0.4) is 0 Å². The van der Waals surface area contributed by atoms with Gasteiger partial charge in [-0.05, 0) is 33.6 Å². The van der Waals surface area contributed by atoms with E-state index in [1.807, 2.05) is 27.7 Å². The number of aryl methyl sites for hydroxylation is 1. The number of amides is 1. The third kappa shape index (κ3) is 4.43. The van der Waals surface area contributed by atoms with Gasteiger partial charge in [0.1, 0.15) is 11.4 Å². The molecule has 1 aromatic heterocycles. The molecule has 7 nitrogen and oxygen atoms in total. The zero-order valence-corrected chi connectivity index (χ0v) is 13.7. The van der Waals surface area contributed by atoms with Gasteiger partial charge in [-0.15, -0.1) is 0 Å². The molecule has 1 amide bonds. The molecule has 0 spiro atoms. The Hall–Kier alpha value is -1.63. The lowest BCUT2D eigenvalue weighted by Crippen LogP contribution is -2.36. The second kappa shape index (κ2) is 6.64. The number of aliphatic hydroxyl groups excluding tert-OH is 1. The lowest BCUT2D eigenvalue weighted by molar-refractivity contribution is 0.0500. The average Bonchev–Trinajstić information content (AvgIpc) is 3.00. The van der Waals surface area contributed by atoms with E-state index in [2.05, 4.69) is 20.5 Å². The molecule has 22 heavy (non-hydrogen) atoms. The monoisotopic (exact) mass is 310 g/mol. The third-order valence-electron chi connectivity index (χ3n) is 3.81. The molecule has 0 bridgehead atoms. The van der Waals surface area contributed by atoms with E-state index >= 15 is 0 Å². The molecule has 1 aliphatic carbocycles. The van der Waals surface area contributed by atoms with Gasteiger partial charge in [-0.3, -0.25) is 5.10 Å². The van der Waals surface area contributed by atoms with Crippen LogP contribution in [0, 0.1) is 5.92 Å². The first kappa shape index (κ1) is 16.7. The fourth-order valence-corrected chi connectivity index (χ4v) is 2.71. The number of carbonyl (C=O) groups is 1. The van der Waals surface area contributed by atoms with E-state index in [0.29, 0.717) is 13.0 Å². The Morgan fingerprint density at radius 2 is 2.18 bits per heavy atom. The Labute approximate surface area is 130 Å². The fraction of sp³-hybridized carbons (Fsp3) is 0.800. The minimum atomic E-state index is -0.517. The second-order valence-electron chi connectivity index (χ2n) is 6.87. The first-order valence-electron chi connectivity index (χ1n) is 7.84. The van der Waals surface area contributed by atoms with Gasteiger partial charge in [0.15, 0.2) is 5.82 Å². The topological polar surface area (TPSA) is 100 Å². The number of carbonyl (C=O) groups excluding carboxylic acids is 1. The summed E-state index contributed by atoms with van der Waals surface area (Å²) in [7, 11) is 0. The van der Waals surface area contributed by atoms with Crippen molar-refractivity contribution in [1.29, 1.82) is 0 Å². The molecule has 0 radical (unpaired) electrons. The van der Waals surface area contributed by atoms with Crippen LogP contribution < -0.4 is 5.32 Å². The highest BCUT2D eigenvalue weighted by molar-refractivity contribution is 5.67. The van der Waals surface area contributed by atoms with Gasteiger partial charge in [0.2, 0.25) is 0 Å². The number of alkyl carbamates (subject to hydrolysis) is 1. The molecular formula is C15H26N4O3. The molecule has 0 saturated heterocycles. The summed E-state index contributed by atoms with van der Waals surface area (Å²) in [6.07, 6.45) is 1.30. The van der Waals surface area contributed by atoms with Crippen LogP contribution in [0.25, 0.3) is 0 Å². The Bertz CT molecular complexity index is 509. The number of aliphatic hydroxyl groups is 1. The van der Waals surface area contributed by atoms with Gasteiger partial charge in [0, 0.05) is 24.8 Å². The summed E-state index contributed by atoms with van der Waals surface area (Å²) in [6, 6.07) is 0. The molecule has 1 heterocycles. The van der Waals surface area contributed by atoms with E-state index < -0.39 is 17.8 Å². The number of hydrogen-bond donors (Lipinski definition) is 3. The van der Waals surface area contributed by atoms with Crippen molar-refractivity contribution in [3.05, 3.63) is 11.6 Å². The zero-order valence-electron chi connectivity index (χ0n) is 13.7. The largest absolute Gasteiger partial charge is 0.444 e. The highest BCUT2D eigenvalue weighted by atomic mass is 16.6. The molecule has 124 valence electrons. The number of hydrogen-bond acceptors (Lipinski definition) is 5. The van der Waals surface area contributed by atoms with E-state index in [4.69, 9.17) is 4.74 Å². The number of nitrogens with one attached hydrogen (secondary N) is 2. The number of H-pyrrole nitrogens is 1. The fourth-order valence-electron chi connectivity index (χ4n) is 2.71. The van der Waals surface area contributed by atoms with Crippen molar-refractivity contribution in [2.24, 2.45) is 5.92 Å². The molecule has 0 aromatic carbocycles. The maximum absolute atomic E-state index is 11.7. The van der Waals surface area contributed by atoms with Crippen molar-refractivity contribution in [2.75, 3.05) is 6.54 Å². The predicted molar refractivity (Wildman–Crippen MR) is 81.5 cm³/mol. The molecule has 1 aliphatic rings. The van der Waals surface area contributed by atoms with Crippen molar-refractivity contribution in [3.63, 3.8) is 0 Å². The molecule has 0 aliphatic heterocycles. The summed E-state index contributed by atoms with van der Waals surface area (Å²) in [5.74, 6) is 1.76. The van der Waals surface area contributed by atoms with Crippen LogP contribution in [0.2, 0.25) is 0 Å². The van der Waals surface area contributed by atoms with Crippen LogP contribution in [-0.4, -0.2) is 44.6 Å². The minimum Gasteiger partial charge on any atom is -0.444 e. The summed E-state index contributed by atoms with van der Waals surface area (Å²) < 4.78 is 5.20. The summed E-state index contributed by atoms with van der Waals surface area (Å²) in [5, 5.41) is 20.0. The number of ether oxygens (including phenoxy) is 1. The Morgan fingerprint density at radius 3 is 2.77 bits per heavy atom. The van der Waals surface area contributed by atoms with Gasteiger partial charge in [0.05, 0.1) is 6.10 Å². The van der Waals surface area contributed by atoms with Gasteiger partial charge in [-0.2, -0.15) is 5.10 Å². The molecular weight excluding hydrogens is 284 g/mol. The highest BCUT2D eigenvalue weighted by Crippen LogP contribution is 2.36. The van der Waals surface area contributed by atoms with E-state index in [0.717, 1.165) is 24.5 Å². The van der Waals surface area contributed by atoms with Crippen LogP contribution in [-0.2, 0) is 11.2 Å². The molecule has 2 rings (SSSR count). The lowest BCUT2D eigenvalue weighted by Gasteiger charge is -2.21. The van der Waals surface area contributed by atoms with Crippen molar-refractivity contribution in [1.82, 2.24) is 20.5 Å². The van der Waals surface area contributed by atoms with Crippen LogP contribution in [0.15, 0.2) is 0 Å². The van der Waals surface area contributed by atoms with Gasteiger partial charge in [0.25, 0.3) is 0 Å². The average molecular weight is 310 g/mol.